The third-order valence-electron chi connectivity index (χ3n) is 5.87. The molecule has 0 aliphatic carbocycles. The number of esters is 1. The molecule has 0 amide bonds. The van der Waals surface area contributed by atoms with Crippen molar-refractivity contribution in [3.8, 4) is 0 Å². The molecule has 2 heterocycles. The smallest absolute Gasteiger partial charge is 0.447 e. The molecular formula is C23H21ClF3N3O7S. The lowest BCUT2D eigenvalue weighted by Gasteiger charge is -2.28. The van der Waals surface area contributed by atoms with Crippen molar-refractivity contribution in [1.29, 1.82) is 0 Å². The maximum Gasteiger partial charge on any atom is 0.447 e. The Hall–Kier alpha value is -3.01. The summed E-state index contributed by atoms with van der Waals surface area (Å²) in [6.07, 6.45) is -4.36. The van der Waals surface area contributed by atoms with Crippen LogP contribution in [-0.2, 0) is 25.3 Å². The Morgan fingerprint density at radius 3 is 2.47 bits per heavy atom. The van der Waals surface area contributed by atoms with Crippen LogP contribution in [-0.4, -0.2) is 73.5 Å². The number of methoxy groups -OCH3 is 1. The first-order valence-electron chi connectivity index (χ1n) is 10.9. The summed E-state index contributed by atoms with van der Waals surface area (Å²) in [5, 5.41) is 22.7. The number of carbonyl (C=O) groups excluding carboxylic acids is 1. The zero-order valence-corrected chi connectivity index (χ0v) is 21.2. The number of sulfonamides is 1. The summed E-state index contributed by atoms with van der Waals surface area (Å²) in [5.41, 5.74) is -1.49. The highest BCUT2D eigenvalue weighted by molar-refractivity contribution is 7.89. The summed E-state index contributed by atoms with van der Waals surface area (Å²) in [4.78, 5) is 16.4. The number of fused-ring (bicyclic) bond motifs is 1. The van der Waals surface area contributed by atoms with Gasteiger partial charge in [-0.1, -0.05) is 17.7 Å². The van der Waals surface area contributed by atoms with Crippen LogP contribution in [0.2, 0.25) is 5.02 Å². The lowest BCUT2D eigenvalue weighted by molar-refractivity contribution is -0.358. The summed E-state index contributed by atoms with van der Waals surface area (Å²) in [6, 6.07) is 6.80. The second-order valence-electron chi connectivity index (χ2n) is 8.22. The van der Waals surface area contributed by atoms with Crippen LogP contribution >= 0.6 is 11.6 Å². The second-order valence-corrected chi connectivity index (χ2v) is 10.6. The van der Waals surface area contributed by atoms with E-state index in [4.69, 9.17) is 16.3 Å². The number of carbonyl (C=O) groups is 1. The van der Waals surface area contributed by atoms with Gasteiger partial charge in [0.15, 0.2) is 0 Å². The van der Waals surface area contributed by atoms with Crippen LogP contribution in [0.5, 0.6) is 0 Å². The van der Waals surface area contributed by atoms with Crippen LogP contribution in [0.4, 0.5) is 24.5 Å². The topological polar surface area (TPSA) is 138 Å². The number of aliphatic hydroxyl groups is 2. The maximum absolute atomic E-state index is 13.6. The number of anilines is 2. The first kappa shape index (κ1) is 28.0. The Kier molecular flexibility index (Phi) is 7.58. The monoisotopic (exact) mass is 575 g/mol. The molecule has 10 nitrogen and oxygen atoms in total. The Balaban J connectivity index is 1.92. The van der Waals surface area contributed by atoms with E-state index in [0.29, 0.717) is 11.6 Å². The van der Waals surface area contributed by atoms with Crippen molar-refractivity contribution in [3.63, 3.8) is 0 Å². The number of nitrogens with one attached hydrogen (secondary N) is 1. The van der Waals surface area contributed by atoms with E-state index >= 15 is 0 Å². The van der Waals surface area contributed by atoms with E-state index in [1.54, 1.807) is 0 Å². The van der Waals surface area contributed by atoms with Crippen molar-refractivity contribution >= 4 is 49.9 Å². The summed E-state index contributed by atoms with van der Waals surface area (Å²) >= 11 is 6.16. The number of hydrogen-bond donors (Lipinski definition) is 3. The summed E-state index contributed by atoms with van der Waals surface area (Å²) in [5.74, 6) is -5.39. The van der Waals surface area contributed by atoms with Crippen molar-refractivity contribution in [3.05, 3.63) is 58.7 Å². The lowest BCUT2D eigenvalue weighted by Crippen LogP contribution is -2.42. The van der Waals surface area contributed by atoms with E-state index in [9.17, 15) is 36.6 Å². The minimum absolute atomic E-state index is 0.0584. The third-order valence-corrected chi connectivity index (χ3v) is 8.01. The number of ether oxygens (including phenoxy) is 2. The quantitative estimate of drug-likeness (QED) is 0.299. The molecule has 204 valence electrons. The summed E-state index contributed by atoms with van der Waals surface area (Å²) in [7, 11) is -3.19. The van der Waals surface area contributed by atoms with Gasteiger partial charge in [0.1, 0.15) is 4.90 Å². The molecule has 0 unspecified atom stereocenters. The fourth-order valence-electron chi connectivity index (χ4n) is 3.84. The molecule has 0 atom stereocenters. The van der Waals surface area contributed by atoms with Crippen LogP contribution in [0.25, 0.3) is 10.9 Å². The molecule has 1 fully saturated rings. The van der Waals surface area contributed by atoms with Gasteiger partial charge in [0, 0.05) is 35.3 Å². The van der Waals surface area contributed by atoms with Gasteiger partial charge in [0.2, 0.25) is 10.0 Å². The van der Waals surface area contributed by atoms with E-state index in [0.717, 1.165) is 25.4 Å². The zero-order chi connectivity index (χ0) is 27.9. The molecule has 1 aliphatic rings. The molecule has 3 aromatic rings. The van der Waals surface area contributed by atoms with Crippen LogP contribution in [0.1, 0.15) is 15.9 Å². The van der Waals surface area contributed by atoms with Gasteiger partial charge < -0.3 is 25.0 Å². The van der Waals surface area contributed by atoms with E-state index < -0.39 is 39.1 Å². The molecular weight excluding hydrogens is 555 g/mol. The number of halogens is 4. The van der Waals surface area contributed by atoms with Crippen LogP contribution < -0.4 is 5.32 Å². The molecule has 0 bridgehead atoms. The van der Waals surface area contributed by atoms with Crippen LogP contribution in [0.15, 0.2) is 47.5 Å². The molecule has 1 aliphatic heterocycles. The average Bonchev–Trinajstić information content (AvgIpc) is 2.88. The van der Waals surface area contributed by atoms with Crippen LogP contribution in [0.3, 0.4) is 0 Å². The Labute approximate surface area is 219 Å². The SMILES string of the molecule is COC(=O)c1cc(C(O)(O)C(F)(F)F)ccc1Nc1c(S(=O)(=O)N2CCOCC2)cnc2ccc(Cl)cc12. The van der Waals surface area contributed by atoms with Gasteiger partial charge in [0.05, 0.1) is 42.8 Å². The number of aromatic nitrogens is 1. The van der Waals surface area contributed by atoms with Crippen molar-refractivity contribution in [2.24, 2.45) is 0 Å². The normalized spacial score (nSPS) is 15.4. The number of nitrogens with zero attached hydrogens (tertiary/aromatic N) is 2. The number of rotatable bonds is 6. The predicted molar refractivity (Wildman–Crippen MR) is 130 cm³/mol. The average molecular weight is 576 g/mol. The number of benzene rings is 2. The van der Waals surface area contributed by atoms with Crippen molar-refractivity contribution in [2.75, 3.05) is 38.7 Å². The highest BCUT2D eigenvalue weighted by Crippen LogP contribution is 2.40. The molecule has 38 heavy (non-hydrogen) atoms. The van der Waals surface area contributed by atoms with E-state index in [2.05, 4.69) is 15.0 Å². The number of alkyl halides is 3. The molecule has 1 aromatic heterocycles. The first-order chi connectivity index (χ1) is 17.8. The van der Waals surface area contributed by atoms with Crippen molar-refractivity contribution in [1.82, 2.24) is 9.29 Å². The first-order valence-corrected chi connectivity index (χ1v) is 12.8. The minimum atomic E-state index is -5.48. The molecule has 3 N–H and O–H groups in total. The molecule has 0 spiro atoms. The minimum Gasteiger partial charge on any atom is -0.465 e. The van der Waals surface area contributed by atoms with Gasteiger partial charge in [-0.15, -0.1) is 0 Å². The van der Waals surface area contributed by atoms with Gasteiger partial charge in [0.25, 0.3) is 5.79 Å². The zero-order valence-electron chi connectivity index (χ0n) is 19.6. The Bertz CT molecular complexity index is 1490. The molecule has 4 rings (SSSR count). The number of pyridine rings is 1. The second kappa shape index (κ2) is 10.3. The number of morpholine rings is 1. The molecule has 0 radical (unpaired) electrons. The standard InChI is InChI=1S/C23H21ClF3N3O7S/c1-36-21(31)16-10-13(22(32,33)23(25,26)27)2-4-18(16)29-20-15-11-14(24)3-5-17(15)28-12-19(20)38(34,35)30-6-8-37-9-7-30/h2-5,10-12,32-33H,6-9H2,1H3,(H,28,29). The molecule has 1 saturated heterocycles. The third kappa shape index (κ3) is 5.15. The lowest BCUT2D eigenvalue weighted by atomic mass is 10.0. The predicted octanol–water partition coefficient (Wildman–Crippen LogP) is 3.14. The fourth-order valence-corrected chi connectivity index (χ4v) is 5.53. The Morgan fingerprint density at radius 1 is 1.16 bits per heavy atom. The van der Waals surface area contributed by atoms with E-state index in [1.807, 2.05) is 0 Å². The van der Waals surface area contributed by atoms with Gasteiger partial charge >= 0.3 is 12.1 Å². The fraction of sp³-hybridized carbons (Fsp3) is 0.304. The highest BCUT2D eigenvalue weighted by atomic mass is 35.5. The van der Waals surface area contributed by atoms with Crippen LogP contribution in [0, 0.1) is 0 Å². The number of hydrogen-bond acceptors (Lipinski definition) is 9. The van der Waals surface area contributed by atoms with Gasteiger partial charge in [-0.25, -0.2) is 13.2 Å². The van der Waals surface area contributed by atoms with E-state index in [-0.39, 0.29) is 53.0 Å². The van der Waals surface area contributed by atoms with Crippen molar-refractivity contribution in [2.45, 2.75) is 16.9 Å². The molecule has 0 saturated carbocycles. The molecule has 2 aromatic carbocycles. The van der Waals surface area contributed by atoms with Gasteiger partial charge in [-0.3, -0.25) is 4.98 Å². The summed E-state index contributed by atoms with van der Waals surface area (Å²) in [6.45, 7) is 0.492. The van der Waals surface area contributed by atoms with Gasteiger partial charge in [-0.05, 0) is 30.3 Å². The molecule has 15 heteroatoms. The largest absolute Gasteiger partial charge is 0.465 e. The van der Waals surface area contributed by atoms with Gasteiger partial charge in [-0.2, -0.15) is 17.5 Å². The summed E-state index contributed by atoms with van der Waals surface area (Å²) < 4.78 is 77.9. The maximum atomic E-state index is 13.6. The van der Waals surface area contributed by atoms with Crippen molar-refractivity contribution < 1.29 is 46.1 Å². The van der Waals surface area contributed by atoms with E-state index in [1.165, 1.54) is 22.5 Å². The highest BCUT2D eigenvalue weighted by Gasteiger charge is 2.54. The Morgan fingerprint density at radius 2 is 1.84 bits per heavy atom.